The highest BCUT2D eigenvalue weighted by atomic mass is 32.1. The molecule has 1 aromatic carbocycles. The van der Waals surface area contributed by atoms with E-state index >= 15 is 4.39 Å². The average molecular weight is 491 g/mol. The van der Waals surface area contributed by atoms with Gasteiger partial charge in [0.15, 0.2) is 17.3 Å². The molecule has 2 N–H and O–H groups in total. The molecule has 35 heavy (non-hydrogen) atoms. The minimum Gasteiger partial charge on any atom is -0.378 e. The Hall–Kier alpha value is -4.09. The zero-order chi connectivity index (χ0) is 23.9. The number of pyridine rings is 3. The number of thiazole rings is 1. The van der Waals surface area contributed by atoms with E-state index in [2.05, 4.69) is 20.8 Å². The number of halogens is 1. The predicted octanol–water partition coefficient (Wildman–Crippen LogP) is 3.19. The highest BCUT2D eigenvalue weighted by Gasteiger charge is 2.25. The largest absolute Gasteiger partial charge is 0.378 e. The second-order valence-corrected chi connectivity index (χ2v) is 9.00. The van der Waals surface area contributed by atoms with Gasteiger partial charge in [-0.1, -0.05) is 18.2 Å². The summed E-state index contributed by atoms with van der Waals surface area (Å²) >= 11 is 1.30. The number of hydrazine groups is 1. The van der Waals surface area contributed by atoms with Gasteiger partial charge in [0.25, 0.3) is 5.91 Å². The van der Waals surface area contributed by atoms with Crippen molar-refractivity contribution in [3.8, 4) is 0 Å². The molecule has 1 aliphatic heterocycles. The van der Waals surface area contributed by atoms with Crippen molar-refractivity contribution in [1.29, 1.82) is 0 Å². The van der Waals surface area contributed by atoms with Gasteiger partial charge < -0.3 is 9.64 Å². The molecule has 1 saturated heterocycles. The topological polar surface area (TPSA) is 101 Å². The summed E-state index contributed by atoms with van der Waals surface area (Å²) in [7, 11) is 0. The number of nitrogens with one attached hydrogen (secondary N) is 2. The average Bonchev–Trinajstić information content (AvgIpc) is 3.27. The molecule has 4 aromatic heterocycles. The molecule has 9 nitrogen and oxygen atoms in total. The Morgan fingerprint density at radius 2 is 1.91 bits per heavy atom. The van der Waals surface area contributed by atoms with E-state index in [1.165, 1.54) is 17.4 Å². The maximum absolute atomic E-state index is 15.2. The van der Waals surface area contributed by atoms with Crippen LogP contribution in [0.15, 0.2) is 59.5 Å². The Kier molecular flexibility index (Phi) is 5.27. The Morgan fingerprint density at radius 1 is 1.11 bits per heavy atom. The number of para-hydroxylation sites is 1. The van der Waals surface area contributed by atoms with Crippen LogP contribution in [-0.2, 0) is 4.74 Å². The molecule has 1 amide bonds. The fraction of sp³-hybridized carbons (Fsp3) is 0.167. The summed E-state index contributed by atoms with van der Waals surface area (Å²) < 4.78 is 23.2. The van der Waals surface area contributed by atoms with Crippen LogP contribution in [0.4, 0.5) is 16.0 Å². The summed E-state index contributed by atoms with van der Waals surface area (Å²) in [6.07, 6.45) is 1.57. The molecule has 0 atom stereocenters. The molecule has 0 bridgehead atoms. The van der Waals surface area contributed by atoms with Crippen molar-refractivity contribution in [3.05, 3.63) is 76.3 Å². The number of aromatic nitrogens is 3. The normalized spacial score (nSPS) is 14.0. The van der Waals surface area contributed by atoms with Gasteiger partial charge in [0.2, 0.25) is 5.43 Å². The number of amides is 1. The number of anilines is 2. The number of carbonyl (C=O) groups excluding carboxylic acids is 1. The number of nitrogens with zero attached hydrogens (tertiary/aromatic N) is 4. The Balaban J connectivity index is 1.57. The van der Waals surface area contributed by atoms with Crippen molar-refractivity contribution in [2.24, 2.45) is 0 Å². The van der Waals surface area contributed by atoms with Crippen molar-refractivity contribution >= 4 is 55.0 Å². The van der Waals surface area contributed by atoms with E-state index in [9.17, 15) is 9.59 Å². The number of ether oxygens (including phenoxy) is 1. The lowest BCUT2D eigenvalue weighted by molar-refractivity contribution is 0.0963. The van der Waals surface area contributed by atoms with Gasteiger partial charge >= 0.3 is 0 Å². The number of hydrogen-bond donors (Lipinski definition) is 2. The molecule has 5 heterocycles. The first-order chi connectivity index (χ1) is 17.1. The third kappa shape index (κ3) is 3.65. The van der Waals surface area contributed by atoms with Crippen LogP contribution in [0.5, 0.6) is 0 Å². The lowest BCUT2D eigenvalue weighted by Gasteiger charge is -2.28. The molecular formula is C24H19FN6O3S. The van der Waals surface area contributed by atoms with E-state index in [0.717, 1.165) is 10.2 Å². The summed E-state index contributed by atoms with van der Waals surface area (Å²) in [5.41, 5.74) is 5.65. The van der Waals surface area contributed by atoms with Crippen molar-refractivity contribution in [2.45, 2.75) is 0 Å². The van der Waals surface area contributed by atoms with Crippen LogP contribution in [0.25, 0.3) is 26.1 Å². The van der Waals surface area contributed by atoms with Gasteiger partial charge in [0.05, 0.1) is 28.8 Å². The molecule has 1 fully saturated rings. The second-order valence-electron chi connectivity index (χ2n) is 7.97. The maximum Gasteiger partial charge on any atom is 0.276 e. The van der Waals surface area contributed by atoms with Crippen LogP contribution < -0.4 is 21.2 Å². The van der Waals surface area contributed by atoms with E-state index < -0.39 is 17.2 Å². The van der Waals surface area contributed by atoms with Crippen LogP contribution >= 0.6 is 11.3 Å². The zero-order valence-electron chi connectivity index (χ0n) is 18.3. The van der Waals surface area contributed by atoms with Crippen LogP contribution in [0, 0.1) is 5.82 Å². The third-order valence-electron chi connectivity index (χ3n) is 5.86. The summed E-state index contributed by atoms with van der Waals surface area (Å²) in [6.45, 7) is 1.94. The number of hydrogen-bond acceptors (Lipinski definition) is 8. The molecule has 0 radical (unpaired) electrons. The van der Waals surface area contributed by atoms with Gasteiger partial charge in [-0.25, -0.2) is 14.4 Å². The minimum atomic E-state index is -0.649. The lowest BCUT2D eigenvalue weighted by atomic mass is 10.1. The van der Waals surface area contributed by atoms with E-state index in [4.69, 9.17) is 4.74 Å². The lowest BCUT2D eigenvalue weighted by Crippen LogP contribution is -2.37. The fourth-order valence-corrected chi connectivity index (χ4v) is 5.40. The van der Waals surface area contributed by atoms with Crippen molar-refractivity contribution in [2.75, 3.05) is 36.6 Å². The van der Waals surface area contributed by atoms with Crippen molar-refractivity contribution in [3.63, 3.8) is 0 Å². The standard InChI is InChI=1S/C24H19FN6O3S/c25-15-13-14-20(32)19(23(33)29-28-18-7-3-4-8-26-18)24-31(16-5-1-2-6-17(16)35-24)21(14)27-22(15)30-9-11-34-12-10-30/h1-8,13H,9-12H2,(H,26,28)(H,29,33). The molecule has 176 valence electrons. The Bertz CT molecular complexity index is 1650. The summed E-state index contributed by atoms with van der Waals surface area (Å²) in [5, 5.41) is 0.0311. The van der Waals surface area contributed by atoms with Gasteiger partial charge in [-0.2, -0.15) is 0 Å². The molecular weight excluding hydrogens is 471 g/mol. The van der Waals surface area contributed by atoms with E-state index in [-0.39, 0.29) is 16.8 Å². The number of rotatable bonds is 4. The summed E-state index contributed by atoms with van der Waals surface area (Å²) in [4.78, 5) is 37.7. The first-order valence-electron chi connectivity index (χ1n) is 11.0. The summed E-state index contributed by atoms with van der Waals surface area (Å²) in [6, 6.07) is 13.9. The molecule has 0 saturated carbocycles. The number of fused-ring (bicyclic) bond motifs is 5. The minimum absolute atomic E-state index is 0.0311. The first kappa shape index (κ1) is 21.4. The molecule has 6 rings (SSSR count). The van der Waals surface area contributed by atoms with Crippen LogP contribution in [-0.4, -0.2) is 46.6 Å². The van der Waals surface area contributed by atoms with Crippen LogP contribution in [0.3, 0.4) is 0 Å². The molecule has 1 aliphatic rings. The van der Waals surface area contributed by atoms with Gasteiger partial charge in [-0.05, 0) is 30.3 Å². The predicted molar refractivity (Wildman–Crippen MR) is 133 cm³/mol. The van der Waals surface area contributed by atoms with E-state index in [1.54, 1.807) is 33.7 Å². The fourth-order valence-electron chi connectivity index (χ4n) is 4.22. The van der Waals surface area contributed by atoms with Gasteiger partial charge in [0.1, 0.15) is 16.2 Å². The Labute approximate surface area is 201 Å². The summed E-state index contributed by atoms with van der Waals surface area (Å²) in [5.74, 6) is -0.686. The molecule has 0 spiro atoms. The van der Waals surface area contributed by atoms with Crippen molar-refractivity contribution in [1.82, 2.24) is 19.8 Å². The van der Waals surface area contributed by atoms with Crippen LogP contribution in [0.2, 0.25) is 0 Å². The second kappa shape index (κ2) is 8.60. The van der Waals surface area contributed by atoms with E-state index in [1.807, 2.05) is 24.3 Å². The SMILES string of the molecule is O=C(NNc1ccccn1)c1c(=O)c2cc(F)c(N3CCOCC3)nc2n2c1sc1ccccc12. The van der Waals surface area contributed by atoms with Gasteiger partial charge in [-0.3, -0.25) is 24.8 Å². The van der Waals surface area contributed by atoms with E-state index in [0.29, 0.717) is 42.6 Å². The zero-order valence-corrected chi connectivity index (χ0v) is 19.1. The first-order valence-corrected chi connectivity index (χ1v) is 11.8. The van der Waals surface area contributed by atoms with Gasteiger partial charge in [0, 0.05) is 19.3 Å². The Morgan fingerprint density at radius 3 is 2.71 bits per heavy atom. The highest BCUT2D eigenvalue weighted by molar-refractivity contribution is 7.24. The quantitative estimate of drug-likeness (QED) is 0.373. The van der Waals surface area contributed by atoms with Crippen molar-refractivity contribution < 1.29 is 13.9 Å². The number of carbonyl (C=O) groups is 1. The third-order valence-corrected chi connectivity index (χ3v) is 7.00. The number of morpholine rings is 1. The molecule has 5 aromatic rings. The van der Waals surface area contributed by atoms with Gasteiger partial charge in [-0.15, -0.1) is 11.3 Å². The monoisotopic (exact) mass is 490 g/mol. The maximum atomic E-state index is 15.2. The molecule has 0 aliphatic carbocycles. The number of benzene rings is 1. The highest BCUT2D eigenvalue weighted by Crippen LogP contribution is 2.32. The smallest absolute Gasteiger partial charge is 0.276 e. The molecule has 0 unspecified atom stereocenters. The molecule has 11 heteroatoms. The van der Waals surface area contributed by atoms with Crippen LogP contribution in [0.1, 0.15) is 10.4 Å².